The zero-order chi connectivity index (χ0) is 26.4. The normalized spacial score (nSPS) is 11.5. The number of anilines is 2. The fourth-order valence-electron chi connectivity index (χ4n) is 3.61. The predicted octanol–water partition coefficient (Wildman–Crippen LogP) is 3.81. The number of fused-ring (bicyclic) bond motifs is 1. The van der Waals surface area contributed by atoms with Crippen LogP contribution >= 0.6 is 0 Å². The summed E-state index contributed by atoms with van der Waals surface area (Å²) in [6.07, 6.45) is 0.756. The molecule has 0 bridgehead atoms. The number of hydrogen-bond donors (Lipinski definition) is 4. The number of pyridine rings is 1. The van der Waals surface area contributed by atoms with Gasteiger partial charge >= 0.3 is 12.1 Å². The van der Waals surface area contributed by atoms with Crippen molar-refractivity contribution < 1.29 is 19.1 Å². The molecule has 0 saturated carbocycles. The molecular formula is C26H27N7O4. The summed E-state index contributed by atoms with van der Waals surface area (Å²) in [6, 6.07) is 16.3. The van der Waals surface area contributed by atoms with Crippen LogP contribution in [-0.2, 0) is 16.1 Å². The molecule has 4 aromatic rings. The van der Waals surface area contributed by atoms with E-state index in [4.69, 9.17) is 20.6 Å². The minimum atomic E-state index is -0.944. The summed E-state index contributed by atoms with van der Waals surface area (Å²) in [5, 5.41) is 10.7. The first-order valence-corrected chi connectivity index (χ1v) is 11.6. The van der Waals surface area contributed by atoms with E-state index in [1.54, 1.807) is 62.4 Å². The lowest BCUT2D eigenvalue weighted by atomic mass is 10.2. The molecule has 0 aliphatic heterocycles. The average Bonchev–Trinajstić information content (AvgIpc) is 3.31. The van der Waals surface area contributed by atoms with Gasteiger partial charge in [-0.25, -0.2) is 24.5 Å². The number of hydrogen-bond acceptors (Lipinski definition) is 8. The number of nitrogens with zero attached hydrogens (tertiary/aromatic N) is 3. The molecule has 2 heterocycles. The third-order valence-electron chi connectivity index (χ3n) is 5.47. The van der Waals surface area contributed by atoms with Crippen LogP contribution in [0.3, 0.4) is 0 Å². The Balaban J connectivity index is 1.48. The number of ether oxygens (including phenoxy) is 2. The van der Waals surface area contributed by atoms with Crippen LogP contribution in [0, 0.1) is 5.41 Å². The second-order valence-corrected chi connectivity index (χ2v) is 8.06. The second kappa shape index (κ2) is 11.2. The van der Waals surface area contributed by atoms with Crippen molar-refractivity contribution in [3.05, 3.63) is 78.2 Å². The fraction of sp³-hybridized carbons (Fsp3) is 0.192. The van der Waals surface area contributed by atoms with Gasteiger partial charge in [-0.15, -0.1) is 0 Å². The average molecular weight is 502 g/mol. The Kier molecular flexibility index (Phi) is 7.62. The van der Waals surface area contributed by atoms with Crippen LogP contribution in [0.25, 0.3) is 11.0 Å². The van der Waals surface area contributed by atoms with Gasteiger partial charge in [-0.1, -0.05) is 6.07 Å². The molecule has 2 aromatic carbocycles. The third-order valence-corrected chi connectivity index (χ3v) is 5.47. The Morgan fingerprint density at radius 1 is 1.16 bits per heavy atom. The summed E-state index contributed by atoms with van der Waals surface area (Å²) in [6.45, 7) is 3.86. The molecule has 2 aromatic heterocycles. The fourth-order valence-corrected chi connectivity index (χ4v) is 3.61. The Labute approximate surface area is 213 Å². The first-order chi connectivity index (χ1) is 17.9. The minimum absolute atomic E-state index is 0.0128. The van der Waals surface area contributed by atoms with Crippen LogP contribution in [0.5, 0.6) is 5.75 Å². The van der Waals surface area contributed by atoms with Gasteiger partial charge in [-0.05, 0) is 62.4 Å². The third kappa shape index (κ3) is 6.01. The monoisotopic (exact) mass is 501 g/mol. The molecule has 1 unspecified atom stereocenters. The van der Waals surface area contributed by atoms with E-state index in [-0.39, 0.29) is 24.0 Å². The molecule has 0 saturated heterocycles. The van der Waals surface area contributed by atoms with Gasteiger partial charge in [0, 0.05) is 23.5 Å². The first kappa shape index (κ1) is 25.2. The molecule has 0 radical (unpaired) electrons. The van der Waals surface area contributed by atoms with E-state index in [9.17, 15) is 9.59 Å². The van der Waals surface area contributed by atoms with Crippen molar-refractivity contribution in [1.29, 1.82) is 5.41 Å². The highest BCUT2D eigenvalue weighted by molar-refractivity contribution is 5.96. The maximum atomic E-state index is 13.1. The summed E-state index contributed by atoms with van der Waals surface area (Å²) in [7, 11) is 0. The number of nitrogens with one attached hydrogen (secondary N) is 3. The van der Waals surface area contributed by atoms with Gasteiger partial charge in [0.1, 0.15) is 29.3 Å². The van der Waals surface area contributed by atoms with Crippen LogP contribution < -0.4 is 20.7 Å². The highest BCUT2D eigenvalue weighted by Crippen LogP contribution is 2.23. The molecule has 1 atom stereocenters. The van der Waals surface area contributed by atoms with Crippen molar-refractivity contribution in [3.63, 3.8) is 0 Å². The maximum Gasteiger partial charge on any atom is 0.421 e. The highest BCUT2D eigenvalue weighted by atomic mass is 16.6. The van der Waals surface area contributed by atoms with Crippen LogP contribution in [-0.4, -0.2) is 45.5 Å². The van der Waals surface area contributed by atoms with Crippen molar-refractivity contribution in [1.82, 2.24) is 15.0 Å². The number of rotatable bonds is 9. The summed E-state index contributed by atoms with van der Waals surface area (Å²) in [5.41, 5.74) is 8.37. The smallest absolute Gasteiger partial charge is 0.421 e. The molecule has 0 aliphatic carbocycles. The SMILES string of the molecule is CCOC(=O)C(C)N(C(=O)Oc1ccc2nc(CNc3ccc(C(=N)N)cc3)[nH]c2c1)c1ccccn1. The van der Waals surface area contributed by atoms with Crippen molar-refractivity contribution in [3.8, 4) is 5.75 Å². The van der Waals surface area contributed by atoms with Gasteiger partial charge < -0.3 is 25.5 Å². The first-order valence-electron chi connectivity index (χ1n) is 11.6. The van der Waals surface area contributed by atoms with Crippen LogP contribution in [0.2, 0.25) is 0 Å². The number of aromatic nitrogens is 3. The molecule has 0 spiro atoms. The summed E-state index contributed by atoms with van der Waals surface area (Å²) in [4.78, 5) is 38.6. The van der Waals surface area contributed by atoms with E-state index < -0.39 is 18.1 Å². The minimum Gasteiger partial charge on any atom is -0.464 e. The number of esters is 1. The Hall–Kier alpha value is -4.93. The zero-order valence-corrected chi connectivity index (χ0v) is 20.4. The second-order valence-electron chi connectivity index (χ2n) is 8.06. The molecule has 5 N–H and O–H groups in total. The van der Waals surface area contributed by atoms with E-state index in [2.05, 4.69) is 20.3 Å². The Morgan fingerprint density at radius 2 is 1.95 bits per heavy atom. The van der Waals surface area contributed by atoms with Gasteiger partial charge in [-0.3, -0.25) is 5.41 Å². The topological polar surface area (TPSA) is 159 Å². The number of aromatic amines is 1. The van der Waals surface area contributed by atoms with Crippen molar-refractivity contribution in [2.24, 2.45) is 5.73 Å². The number of benzene rings is 2. The van der Waals surface area contributed by atoms with E-state index in [0.29, 0.717) is 29.0 Å². The molecular weight excluding hydrogens is 474 g/mol. The lowest BCUT2D eigenvalue weighted by Crippen LogP contribution is -2.46. The van der Waals surface area contributed by atoms with Gasteiger partial charge in [0.05, 0.1) is 24.2 Å². The van der Waals surface area contributed by atoms with Crippen molar-refractivity contribution in [2.45, 2.75) is 26.4 Å². The molecule has 37 heavy (non-hydrogen) atoms. The number of carbonyl (C=O) groups excluding carboxylic acids is 2. The van der Waals surface area contributed by atoms with Crippen LogP contribution in [0.4, 0.5) is 16.3 Å². The molecule has 11 heteroatoms. The largest absolute Gasteiger partial charge is 0.464 e. The lowest BCUT2D eigenvalue weighted by molar-refractivity contribution is -0.144. The predicted molar refractivity (Wildman–Crippen MR) is 140 cm³/mol. The summed E-state index contributed by atoms with van der Waals surface area (Å²) >= 11 is 0. The van der Waals surface area contributed by atoms with E-state index in [1.165, 1.54) is 6.20 Å². The van der Waals surface area contributed by atoms with Gasteiger partial charge in [0.25, 0.3) is 0 Å². The number of imidazole rings is 1. The van der Waals surface area contributed by atoms with Gasteiger partial charge in [0.2, 0.25) is 0 Å². The number of H-pyrrole nitrogens is 1. The molecule has 11 nitrogen and oxygen atoms in total. The van der Waals surface area contributed by atoms with Crippen LogP contribution in [0.15, 0.2) is 66.9 Å². The van der Waals surface area contributed by atoms with Gasteiger partial charge in [-0.2, -0.15) is 0 Å². The van der Waals surface area contributed by atoms with E-state index in [1.807, 2.05) is 12.1 Å². The number of amides is 1. The Morgan fingerprint density at radius 3 is 2.62 bits per heavy atom. The van der Waals surface area contributed by atoms with E-state index in [0.717, 1.165) is 10.6 Å². The summed E-state index contributed by atoms with van der Waals surface area (Å²) in [5.74, 6) is 0.666. The van der Waals surface area contributed by atoms with Gasteiger partial charge in [0.15, 0.2) is 0 Å². The van der Waals surface area contributed by atoms with E-state index >= 15 is 0 Å². The number of nitrogens with two attached hydrogens (primary N) is 1. The molecule has 0 fully saturated rings. The Bertz CT molecular complexity index is 1400. The standard InChI is InChI=1S/C26H27N7O4/c1-3-36-25(34)16(2)33(23-6-4-5-13-29-23)26(35)37-19-11-12-20-21(14-19)32-22(31-20)15-30-18-9-7-17(8-10-18)24(27)28/h4-14,16,30H,3,15H2,1-2H3,(H3,27,28)(H,31,32). The maximum absolute atomic E-state index is 13.1. The molecule has 0 aliphatic rings. The molecule has 1 amide bonds. The van der Waals surface area contributed by atoms with Crippen molar-refractivity contribution in [2.75, 3.05) is 16.8 Å². The number of carbonyl (C=O) groups is 2. The quantitative estimate of drug-likeness (QED) is 0.153. The van der Waals surface area contributed by atoms with Crippen LogP contribution in [0.1, 0.15) is 25.2 Å². The molecule has 190 valence electrons. The summed E-state index contributed by atoms with van der Waals surface area (Å²) < 4.78 is 10.7. The number of amidine groups is 1. The number of nitrogen functional groups attached to an aromatic ring is 1. The highest BCUT2D eigenvalue weighted by Gasteiger charge is 2.31. The lowest BCUT2D eigenvalue weighted by Gasteiger charge is -2.25. The van der Waals surface area contributed by atoms with Crippen molar-refractivity contribution >= 4 is 40.4 Å². The molecule has 4 rings (SSSR count). The zero-order valence-electron chi connectivity index (χ0n) is 20.4.